The monoisotopic (exact) mass is 446 g/mol. The lowest BCUT2D eigenvalue weighted by molar-refractivity contribution is 0.0947. The van der Waals surface area contributed by atoms with E-state index in [1.165, 1.54) is 13.2 Å². The zero-order chi connectivity index (χ0) is 23.6. The summed E-state index contributed by atoms with van der Waals surface area (Å²) < 4.78 is 19.6. The molecule has 0 unspecified atom stereocenters. The molecule has 1 aromatic carbocycles. The summed E-state index contributed by atoms with van der Waals surface area (Å²) in [5, 5.41) is 6.15. The van der Waals surface area contributed by atoms with Crippen LogP contribution in [0, 0.1) is 23.1 Å². The zero-order valence-electron chi connectivity index (χ0n) is 19.2. The van der Waals surface area contributed by atoms with Crippen LogP contribution in [-0.4, -0.2) is 29.5 Å². The lowest BCUT2D eigenvalue weighted by atomic mass is 9.90. The summed E-state index contributed by atoms with van der Waals surface area (Å²) in [7, 11) is 1.41. The first-order valence-electron chi connectivity index (χ1n) is 10.9. The molecule has 1 aliphatic rings. The number of aromatic nitrogens is 2. The van der Waals surface area contributed by atoms with Crippen molar-refractivity contribution in [2.45, 2.75) is 33.6 Å². The minimum absolute atomic E-state index is 0.0778. The van der Waals surface area contributed by atoms with Crippen LogP contribution < -0.4 is 15.4 Å². The molecule has 0 spiro atoms. The van der Waals surface area contributed by atoms with Gasteiger partial charge in [-0.05, 0) is 38.5 Å². The summed E-state index contributed by atoms with van der Waals surface area (Å²) in [6.07, 6.45) is 4.99. The fourth-order valence-corrected chi connectivity index (χ4v) is 3.69. The second-order valence-corrected chi connectivity index (χ2v) is 8.59. The molecular formula is C26H27FN4O2. The summed E-state index contributed by atoms with van der Waals surface area (Å²) in [4.78, 5) is 20.5. The third-order valence-corrected chi connectivity index (χ3v) is 5.91. The van der Waals surface area contributed by atoms with E-state index in [9.17, 15) is 9.18 Å². The molecule has 33 heavy (non-hydrogen) atoms. The van der Waals surface area contributed by atoms with Gasteiger partial charge in [-0.15, -0.1) is 0 Å². The molecular weight excluding hydrogens is 419 g/mol. The molecule has 0 radical (unpaired) electrons. The predicted octanol–water partition coefficient (Wildman–Crippen LogP) is 5.04. The Balaban J connectivity index is 1.90. The van der Waals surface area contributed by atoms with Crippen LogP contribution in [0.25, 0.3) is 11.3 Å². The van der Waals surface area contributed by atoms with Gasteiger partial charge in [-0.25, -0.2) is 4.39 Å². The number of aromatic amines is 1. The second-order valence-electron chi connectivity index (χ2n) is 8.59. The van der Waals surface area contributed by atoms with Gasteiger partial charge in [0.25, 0.3) is 5.91 Å². The van der Waals surface area contributed by atoms with Crippen LogP contribution in [0.15, 0.2) is 36.7 Å². The molecule has 0 aliphatic carbocycles. The van der Waals surface area contributed by atoms with E-state index in [0.717, 1.165) is 23.2 Å². The van der Waals surface area contributed by atoms with Crippen molar-refractivity contribution in [3.63, 3.8) is 0 Å². The Labute approximate surface area is 193 Å². The Morgan fingerprint density at radius 2 is 2.12 bits per heavy atom. The third kappa shape index (κ3) is 4.42. The van der Waals surface area contributed by atoms with E-state index in [1.54, 1.807) is 24.5 Å². The van der Waals surface area contributed by atoms with Crippen molar-refractivity contribution < 1.29 is 13.9 Å². The summed E-state index contributed by atoms with van der Waals surface area (Å²) in [6, 6.07) is 6.50. The van der Waals surface area contributed by atoms with Gasteiger partial charge in [0, 0.05) is 42.0 Å². The van der Waals surface area contributed by atoms with E-state index < -0.39 is 5.82 Å². The second kappa shape index (κ2) is 8.99. The number of carbonyl (C=O) groups excluding carboxylic acids is 1. The fraction of sp³-hybridized carbons (Fsp3) is 0.308. The number of ether oxygens (including phenoxy) is 1. The number of methoxy groups -OCH3 is 1. The number of carbonyl (C=O) groups is 1. The smallest absolute Gasteiger partial charge is 0.255 e. The van der Waals surface area contributed by atoms with Gasteiger partial charge in [0.05, 0.1) is 35.3 Å². The zero-order valence-corrected chi connectivity index (χ0v) is 19.2. The number of H-pyrrole nitrogens is 1. The average Bonchev–Trinajstić information content (AvgIpc) is 3.17. The summed E-state index contributed by atoms with van der Waals surface area (Å²) >= 11 is 0. The van der Waals surface area contributed by atoms with E-state index in [2.05, 4.69) is 53.2 Å². The first kappa shape index (κ1) is 22.4. The maximum atomic E-state index is 14.3. The molecule has 170 valence electrons. The molecule has 2 aromatic heterocycles. The highest BCUT2D eigenvalue weighted by Crippen LogP contribution is 2.40. The molecule has 7 heteroatoms. The van der Waals surface area contributed by atoms with Gasteiger partial charge in [0.2, 0.25) is 0 Å². The maximum Gasteiger partial charge on any atom is 0.255 e. The van der Waals surface area contributed by atoms with Crippen molar-refractivity contribution >= 4 is 17.3 Å². The van der Waals surface area contributed by atoms with E-state index in [4.69, 9.17) is 4.74 Å². The highest BCUT2D eigenvalue weighted by atomic mass is 19.1. The quantitative estimate of drug-likeness (QED) is 0.480. The summed E-state index contributed by atoms with van der Waals surface area (Å²) in [5.74, 6) is 6.00. The standard InChI is InChI=1S/C26H27FN4O2/c1-5-26(2,3)12-9-16-15-28-13-10-17(16)22-23(21-19(30-22)11-14-29-25(21)32)31-20-8-6-7-18(27)24(20)33-4/h6-8,10,13,15,30-31H,5,11,14H2,1-4H3,(H,29,32). The number of halogens is 1. The number of rotatable bonds is 5. The minimum Gasteiger partial charge on any atom is -0.492 e. The number of para-hydroxylation sites is 1. The molecule has 1 aliphatic heterocycles. The van der Waals surface area contributed by atoms with Crippen molar-refractivity contribution in [1.29, 1.82) is 0 Å². The van der Waals surface area contributed by atoms with Crippen LogP contribution in [0.1, 0.15) is 48.8 Å². The number of amides is 1. The first-order chi connectivity index (χ1) is 15.8. The van der Waals surface area contributed by atoms with Crippen LogP contribution in [0.4, 0.5) is 15.8 Å². The number of benzene rings is 1. The van der Waals surface area contributed by atoms with Gasteiger partial charge in [-0.2, -0.15) is 0 Å². The number of nitrogens with zero attached hydrogens (tertiary/aromatic N) is 1. The molecule has 0 bridgehead atoms. The molecule has 0 saturated heterocycles. The Bertz CT molecular complexity index is 1270. The molecule has 1 amide bonds. The van der Waals surface area contributed by atoms with Gasteiger partial charge >= 0.3 is 0 Å². The van der Waals surface area contributed by atoms with Gasteiger partial charge in [0.15, 0.2) is 11.6 Å². The topological polar surface area (TPSA) is 79.0 Å². The Morgan fingerprint density at radius 3 is 2.88 bits per heavy atom. The van der Waals surface area contributed by atoms with Crippen molar-refractivity contribution in [1.82, 2.24) is 15.3 Å². The van der Waals surface area contributed by atoms with Crippen LogP contribution in [0.5, 0.6) is 5.75 Å². The Hall–Kier alpha value is -3.79. The van der Waals surface area contributed by atoms with Crippen molar-refractivity contribution in [2.24, 2.45) is 5.41 Å². The Morgan fingerprint density at radius 1 is 1.30 bits per heavy atom. The van der Waals surface area contributed by atoms with Crippen molar-refractivity contribution in [3.05, 3.63) is 59.3 Å². The SMILES string of the molecule is CCC(C)(C)C#Cc1cnccc1-c1[nH]c2c(c1Nc1cccc(F)c1OC)C(=O)NCC2. The van der Waals surface area contributed by atoms with Crippen molar-refractivity contribution in [3.8, 4) is 28.8 Å². The molecule has 0 fully saturated rings. The van der Waals surface area contributed by atoms with Gasteiger partial charge in [-0.3, -0.25) is 9.78 Å². The maximum absolute atomic E-state index is 14.3. The number of hydrogen-bond acceptors (Lipinski definition) is 4. The van der Waals surface area contributed by atoms with Crippen LogP contribution >= 0.6 is 0 Å². The van der Waals surface area contributed by atoms with E-state index in [0.29, 0.717) is 35.6 Å². The molecule has 4 rings (SSSR count). The highest BCUT2D eigenvalue weighted by Gasteiger charge is 2.28. The lowest BCUT2D eigenvalue weighted by Crippen LogP contribution is -2.31. The van der Waals surface area contributed by atoms with Crippen LogP contribution in [0.2, 0.25) is 0 Å². The highest BCUT2D eigenvalue weighted by molar-refractivity contribution is 6.06. The molecule has 6 nitrogen and oxygen atoms in total. The molecule has 3 N–H and O–H groups in total. The third-order valence-electron chi connectivity index (χ3n) is 5.91. The van der Waals surface area contributed by atoms with Crippen LogP contribution in [-0.2, 0) is 6.42 Å². The normalized spacial score (nSPS) is 12.9. The molecule has 0 saturated carbocycles. The number of fused-ring (bicyclic) bond motifs is 1. The number of anilines is 2. The van der Waals surface area contributed by atoms with Gasteiger partial charge in [0.1, 0.15) is 0 Å². The molecule has 0 atom stereocenters. The van der Waals surface area contributed by atoms with Gasteiger partial charge in [-0.1, -0.05) is 24.8 Å². The number of pyridine rings is 1. The summed E-state index contributed by atoms with van der Waals surface area (Å²) in [5.41, 5.74) is 4.41. The largest absolute Gasteiger partial charge is 0.492 e. The van der Waals surface area contributed by atoms with E-state index in [-0.39, 0.29) is 17.1 Å². The van der Waals surface area contributed by atoms with Crippen LogP contribution in [0.3, 0.4) is 0 Å². The Kier molecular flexibility index (Phi) is 6.10. The van der Waals surface area contributed by atoms with Crippen molar-refractivity contribution in [2.75, 3.05) is 19.0 Å². The van der Waals surface area contributed by atoms with Gasteiger partial charge < -0.3 is 20.4 Å². The van der Waals surface area contributed by atoms with E-state index >= 15 is 0 Å². The predicted molar refractivity (Wildman–Crippen MR) is 127 cm³/mol. The average molecular weight is 447 g/mol. The minimum atomic E-state index is -0.491. The fourth-order valence-electron chi connectivity index (χ4n) is 3.69. The molecule has 3 aromatic rings. The van der Waals surface area contributed by atoms with E-state index in [1.807, 2.05) is 6.07 Å². The first-order valence-corrected chi connectivity index (χ1v) is 10.9. The lowest BCUT2D eigenvalue weighted by Gasteiger charge is -2.17. The molecule has 3 heterocycles. The number of hydrogen-bond donors (Lipinski definition) is 3. The summed E-state index contributed by atoms with van der Waals surface area (Å²) in [6.45, 7) is 6.83. The number of nitrogens with one attached hydrogen (secondary N) is 3.